The molecule has 0 unspecified atom stereocenters. The summed E-state index contributed by atoms with van der Waals surface area (Å²) in [7, 11) is 0. The minimum Gasteiger partial charge on any atom is -0.448 e. The quantitative estimate of drug-likeness (QED) is 0.669. The van der Waals surface area contributed by atoms with Crippen LogP contribution in [0.3, 0.4) is 0 Å². The number of benzene rings is 1. The Bertz CT molecular complexity index is 581. The van der Waals surface area contributed by atoms with E-state index in [2.05, 4.69) is 26.5 Å². The Balaban J connectivity index is 1.93. The number of hydrazone groups is 1. The van der Waals surface area contributed by atoms with Crippen LogP contribution in [0.25, 0.3) is 0 Å². The zero-order valence-electron chi connectivity index (χ0n) is 9.79. The number of hydrogen-bond acceptors (Lipinski definition) is 4. The predicted molar refractivity (Wildman–Crippen MR) is 73.5 cm³/mol. The van der Waals surface area contributed by atoms with Crippen LogP contribution < -0.4 is 5.43 Å². The molecule has 0 saturated heterocycles. The van der Waals surface area contributed by atoms with Crippen molar-refractivity contribution in [2.45, 2.75) is 6.10 Å². The summed E-state index contributed by atoms with van der Waals surface area (Å²) in [4.78, 5) is 11.6. The summed E-state index contributed by atoms with van der Waals surface area (Å²) in [5.74, 6) is -0.116. The van der Waals surface area contributed by atoms with Crippen LogP contribution in [-0.4, -0.2) is 17.2 Å². The van der Waals surface area contributed by atoms with Gasteiger partial charge in [0.05, 0.1) is 6.21 Å². The lowest BCUT2D eigenvalue weighted by Gasteiger charge is -2.08. The molecule has 2 N–H and O–H groups in total. The molecule has 19 heavy (non-hydrogen) atoms. The Kier molecular flexibility index (Phi) is 4.48. The summed E-state index contributed by atoms with van der Waals surface area (Å²) in [5.41, 5.74) is 2.75. The molecule has 0 fully saturated rings. The van der Waals surface area contributed by atoms with Crippen molar-refractivity contribution in [3.05, 3.63) is 58.5 Å². The highest BCUT2D eigenvalue weighted by Gasteiger charge is 2.15. The molecule has 1 aromatic carbocycles. The summed E-state index contributed by atoms with van der Waals surface area (Å²) >= 11 is 3.15. The van der Waals surface area contributed by atoms with Gasteiger partial charge in [-0.3, -0.25) is 4.79 Å². The lowest BCUT2D eigenvalue weighted by atomic mass is 10.1. The van der Waals surface area contributed by atoms with Gasteiger partial charge in [-0.2, -0.15) is 5.10 Å². The standard InChI is InChI=1S/C13H11BrN2O3/c14-11-7-6-10(19-11)8-15-16-13(18)12(17)9-4-2-1-3-5-9/h1-8,12,17H,(H,16,18)/b15-8-/t12-/m0/s1. The average Bonchev–Trinajstić information content (AvgIpc) is 2.84. The summed E-state index contributed by atoms with van der Waals surface area (Å²) in [5, 5.41) is 13.5. The van der Waals surface area contributed by atoms with E-state index in [0.29, 0.717) is 16.0 Å². The summed E-state index contributed by atoms with van der Waals surface area (Å²) in [6.45, 7) is 0. The van der Waals surface area contributed by atoms with Crippen LogP contribution in [0.15, 0.2) is 56.7 Å². The molecule has 0 spiro atoms. The number of nitrogens with one attached hydrogen (secondary N) is 1. The molecular weight excluding hydrogens is 312 g/mol. The number of nitrogens with zero attached hydrogens (tertiary/aromatic N) is 1. The van der Waals surface area contributed by atoms with Gasteiger partial charge >= 0.3 is 0 Å². The fraction of sp³-hybridized carbons (Fsp3) is 0.0769. The number of rotatable bonds is 4. The number of halogens is 1. The molecule has 0 saturated carbocycles. The van der Waals surface area contributed by atoms with Crippen LogP contribution in [0.4, 0.5) is 0 Å². The minimum absolute atomic E-state index is 0.487. The van der Waals surface area contributed by atoms with Crippen LogP contribution in [0.5, 0.6) is 0 Å². The highest BCUT2D eigenvalue weighted by Crippen LogP contribution is 2.13. The van der Waals surface area contributed by atoms with Gasteiger partial charge in [0.25, 0.3) is 5.91 Å². The topological polar surface area (TPSA) is 74.8 Å². The van der Waals surface area contributed by atoms with E-state index in [1.54, 1.807) is 42.5 Å². The molecular formula is C13H11BrN2O3. The van der Waals surface area contributed by atoms with Crippen molar-refractivity contribution >= 4 is 28.1 Å². The molecule has 1 atom stereocenters. The van der Waals surface area contributed by atoms with E-state index >= 15 is 0 Å². The van der Waals surface area contributed by atoms with Crippen molar-refractivity contribution in [3.63, 3.8) is 0 Å². The molecule has 1 amide bonds. The van der Waals surface area contributed by atoms with Crippen molar-refractivity contribution in [1.29, 1.82) is 0 Å². The first kappa shape index (κ1) is 13.5. The molecule has 6 heteroatoms. The molecule has 1 heterocycles. The van der Waals surface area contributed by atoms with Crippen LogP contribution >= 0.6 is 15.9 Å². The summed E-state index contributed by atoms with van der Waals surface area (Å²) < 4.78 is 5.74. The maximum Gasteiger partial charge on any atom is 0.273 e. The highest BCUT2D eigenvalue weighted by molar-refractivity contribution is 9.10. The maximum absolute atomic E-state index is 11.6. The number of amides is 1. The van der Waals surface area contributed by atoms with Gasteiger partial charge in [0.15, 0.2) is 10.8 Å². The van der Waals surface area contributed by atoms with E-state index in [0.717, 1.165) is 0 Å². The van der Waals surface area contributed by atoms with Crippen molar-refractivity contribution in [3.8, 4) is 0 Å². The second-order valence-electron chi connectivity index (χ2n) is 3.69. The van der Waals surface area contributed by atoms with E-state index in [1.807, 2.05) is 0 Å². The second-order valence-corrected chi connectivity index (χ2v) is 4.47. The number of carbonyl (C=O) groups is 1. The SMILES string of the molecule is O=C(N/N=C\c1ccc(Br)o1)[C@@H](O)c1ccccc1. The van der Waals surface area contributed by atoms with Crippen molar-refractivity contribution in [2.75, 3.05) is 0 Å². The zero-order chi connectivity index (χ0) is 13.7. The van der Waals surface area contributed by atoms with Crippen LogP contribution in [-0.2, 0) is 4.79 Å². The molecule has 0 aliphatic rings. The van der Waals surface area contributed by atoms with Crippen LogP contribution in [0, 0.1) is 0 Å². The number of aliphatic hydroxyl groups is 1. The predicted octanol–water partition coefficient (Wildman–Crippen LogP) is 2.23. The zero-order valence-corrected chi connectivity index (χ0v) is 11.4. The summed E-state index contributed by atoms with van der Waals surface area (Å²) in [6, 6.07) is 12.0. The summed E-state index contributed by atoms with van der Waals surface area (Å²) in [6.07, 6.45) is 0.0992. The van der Waals surface area contributed by atoms with Gasteiger partial charge in [0.1, 0.15) is 5.76 Å². The lowest BCUT2D eigenvalue weighted by molar-refractivity contribution is -0.129. The van der Waals surface area contributed by atoms with Gasteiger partial charge in [-0.05, 0) is 33.6 Å². The highest BCUT2D eigenvalue weighted by atomic mass is 79.9. The number of carbonyl (C=O) groups excluding carboxylic acids is 1. The molecule has 0 aliphatic carbocycles. The van der Waals surface area contributed by atoms with Crippen molar-refractivity contribution in [1.82, 2.24) is 5.43 Å². The second kappa shape index (κ2) is 6.31. The molecule has 0 aliphatic heterocycles. The normalized spacial score (nSPS) is 12.5. The monoisotopic (exact) mass is 322 g/mol. The van der Waals surface area contributed by atoms with Crippen LogP contribution in [0.2, 0.25) is 0 Å². The minimum atomic E-state index is -1.25. The van der Waals surface area contributed by atoms with Gasteiger partial charge in [-0.1, -0.05) is 30.3 Å². The van der Waals surface area contributed by atoms with E-state index in [4.69, 9.17) is 4.42 Å². The van der Waals surface area contributed by atoms with Crippen molar-refractivity contribution < 1.29 is 14.3 Å². The molecule has 2 rings (SSSR count). The smallest absolute Gasteiger partial charge is 0.273 e. The largest absolute Gasteiger partial charge is 0.448 e. The third-order valence-corrected chi connectivity index (χ3v) is 2.75. The Morgan fingerprint density at radius 3 is 2.68 bits per heavy atom. The van der Waals surface area contributed by atoms with Gasteiger partial charge < -0.3 is 9.52 Å². The van der Waals surface area contributed by atoms with E-state index in [9.17, 15) is 9.90 Å². The molecule has 0 bridgehead atoms. The van der Waals surface area contributed by atoms with Gasteiger partial charge in [-0.25, -0.2) is 5.43 Å². The van der Waals surface area contributed by atoms with E-state index in [1.165, 1.54) is 6.21 Å². The number of hydrogen-bond donors (Lipinski definition) is 2. The molecule has 2 aromatic rings. The molecule has 98 valence electrons. The molecule has 5 nitrogen and oxygen atoms in total. The Hall–Kier alpha value is -1.92. The third kappa shape index (κ3) is 3.77. The number of furan rings is 1. The third-order valence-electron chi connectivity index (χ3n) is 2.32. The fourth-order valence-corrected chi connectivity index (χ4v) is 1.72. The van der Waals surface area contributed by atoms with Gasteiger partial charge in [0.2, 0.25) is 0 Å². The Labute approximate surface area is 118 Å². The Morgan fingerprint density at radius 1 is 1.32 bits per heavy atom. The lowest BCUT2D eigenvalue weighted by Crippen LogP contribution is -2.25. The van der Waals surface area contributed by atoms with Gasteiger partial charge in [0, 0.05) is 0 Å². The number of aliphatic hydroxyl groups excluding tert-OH is 1. The first-order valence-electron chi connectivity index (χ1n) is 5.48. The van der Waals surface area contributed by atoms with E-state index < -0.39 is 12.0 Å². The Morgan fingerprint density at radius 2 is 2.05 bits per heavy atom. The molecule has 0 radical (unpaired) electrons. The fourth-order valence-electron chi connectivity index (χ4n) is 1.41. The maximum atomic E-state index is 11.6. The molecule has 1 aromatic heterocycles. The average molecular weight is 323 g/mol. The van der Waals surface area contributed by atoms with Gasteiger partial charge in [-0.15, -0.1) is 0 Å². The first-order valence-corrected chi connectivity index (χ1v) is 6.27. The van der Waals surface area contributed by atoms with E-state index in [-0.39, 0.29) is 0 Å². The first-order chi connectivity index (χ1) is 9.16. The van der Waals surface area contributed by atoms with Crippen LogP contribution in [0.1, 0.15) is 17.4 Å². The van der Waals surface area contributed by atoms with Crippen molar-refractivity contribution in [2.24, 2.45) is 5.10 Å².